The number of hydrogen-bond donors (Lipinski definition) is 1. The van der Waals surface area contributed by atoms with Gasteiger partial charge in [-0.1, -0.05) is 6.07 Å². The first-order chi connectivity index (χ1) is 11.1. The molecule has 0 aliphatic heterocycles. The zero-order valence-corrected chi connectivity index (χ0v) is 12.7. The second kappa shape index (κ2) is 6.44. The minimum Gasteiger partial charge on any atom is -0.454 e. The first kappa shape index (κ1) is 15.0. The van der Waals surface area contributed by atoms with E-state index in [0.29, 0.717) is 12.3 Å². The summed E-state index contributed by atoms with van der Waals surface area (Å²) < 4.78 is 6.83. The molecule has 0 aliphatic rings. The third-order valence-electron chi connectivity index (χ3n) is 3.04. The summed E-state index contributed by atoms with van der Waals surface area (Å²) in [4.78, 5) is 23.1. The monoisotopic (exact) mass is 332 g/mol. The lowest BCUT2D eigenvalue weighted by molar-refractivity contribution is -0.385. The van der Waals surface area contributed by atoms with Crippen LogP contribution in [0.15, 0.2) is 46.5 Å². The SMILES string of the molecule is O=C(NCc1cccs1)c1ccc(Cn2cc([N+](=O)[O-])cn2)o1. The van der Waals surface area contributed by atoms with Crippen LogP contribution in [0.5, 0.6) is 0 Å². The molecule has 3 rings (SSSR count). The highest BCUT2D eigenvalue weighted by Gasteiger charge is 2.13. The summed E-state index contributed by atoms with van der Waals surface area (Å²) in [6, 6.07) is 7.06. The molecule has 0 fully saturated rings. The fourth-order valence-corrected chi connectivity index (χ4v) is 2.59. The van der Waals surface area contributed by atoms with Gasteiger partial charge in [0.15, 0.2) is 5.76 Å². The number of nitro groups is 1. The molecule has 0 aliphatic carbocycles. The smallest absolute Gasteiger partial charge is 0.307 e. The zero-order valence-electron chi connectivity index (χ0n) is 11.8. The van der Waals surface area contributed by atoms with Crippen molar-refractivity contribution in [2.45, 2.75) is 13.1 Å². The Bertz CT molecular complexity index is 822. The molecular formula is C14H12N4O4S. The Morgan fingerprint density at radius 1 is 1.43 bits per heavy atom. The molecule has 0 radical (unpaired) electrons. The minimum absolute atomic E-state index is 0.0922. The van der Waals surface area contributed by atoms with Crippen molar-refractivity contribution in [3.8, 4) is 0 Å². The zero-order chi connectivity index (χ0) is 16.2. The number of aromatic nitrogens is 2. The van der Waals surface area contributed by atoms with Crippen LogP contribution in [0.2, 0.25) is 0 Å². The van der Waals surface area contributed by atoms with E-state index in [1.807, 2.05) is 17.5 Å². The van der Waals surface area contributed by atoms with Gasteiger partial charge >= 0.3 is 5.69 Å². The van der Waals surface area contributed by atoms with E-state index in [9.17, 15) is 14.9 Å². The maximum atomic E-state index is 12.0. The van der Waals surface area contributed by atoms with Crippen LogP contribution in [0.4, 0.5) is 5.69 Å². The van der Waals surface area contributed by atoms with Crippen molar-refractivity contribution in [1.82, 2.24) is 15.1 Å². The molecule has 0 aromatic carbocycles. The molecule has 0 saturated carbocycles. The Kier molecular flexibility index (Phi) is 4.20. The van der Waals surface area contributed by atoms with Crippen molar-refractivity contribution >= 4 is 22.9 Å². The third kappa shape index (κ3) is 3.64. The lowest BCUT2D eigenvalue weighted by Crippen LogP contribution is -2.21. The Balaban J connectivity index is 1.60. The fraction of sp³-hybridized carbons (Fsp3) is 0.143. The first-order valence-corrected chi connectivity index (χ1v) is 7.56. The minimum atomic E-state index is -0.519. The lowest BCUT2D eigenvalue weighted by Gasteiger charge is -2.01. The van der Waals surface area contributed by atoms with Crippen molar-refractivity contribution in [3.63, 3.8) is 0 Å². The summed E-state index contributed by atoms with van der Waals surface area (Å²) in [7, 11) is 0. The Hall–Kier alpha value is -2.94. The number of amides is 1. The second-order valence-electron chi connectivity index (χ2n) is 4.68. The molecule has 1 N–H and O–H groups in total. The number of nitrogens with zero attached hydrogens (tertiary/aromatic N) is 3. The predicted octanol–water partition coefficient (Wildman–Crippen LogP) is 2.42. The number of thiophene rings is 1. The van der Waals surface area contributed by atoms with Crippen LogP contribution in [0.25, 0.3) is 0 Å². The van der Waals surface area contributed by atoms with Crippen LogP contribution in [0.1, 0.15) is 21.2 Å². The summed E-state index contributed by atoms with van der Waals surface area (Å²) in [5.74, 6) is 0.374. The summed E-state index contributed by atoms with van der Waals surface area (Å²) in [5.41, 5.74) is -0.0922. The average molecular weight is 332 g/mol. The second-order valence-corrected chi connectivity index (χ2v) is 5.71. The summed E-state index contributed by atoms with van der Waals surface area (Å²) >= 11 is 1.56. The van der Waals surface area contributed by atoms with Gasteiger partial charge in [-0.05, 0) is 23.6 Å². The lowest BCUT2D eigenvalue weighted by atomic mass is 10.4. The molecule has 1 amide bonds. The van der Waals surface area contributed by atoms with E-state index < -0.39 is 4.92 Å². The largest absolute Gasteiger partial charge is 0.454 e. The van der Waals surface area contributed by atoms with Crippen LogP contribution >= 0.6 is 11.3 Å². The quantitative estimate of drug-likeness (QED) is 0.551. The van der Waals surface area contributed by atoms with Crippen molar-refractivity contribution in [2.24, 2.45) is 0 Å². The van der Waals surface area contributed by atoms with Gasteiger partial charge < -0.3 is 9.73 Å². The molecule has 0 saturated heterocycles. The highest BCUT2D eigenvalue weighted by Crippen LogP contribution is 2.13. The van der Waals surface area contributed by atoms with Crippen LogP contribution in [0, 0.1) is 10.1 Å². The van der Waals surface area contributed by atoms with Gasteiger partial charge in [0.05, 0.1) is 18.0 Å². The topological polar surface area (TPSA) is 103 Å². The van der Waals surface area contributed by atoms with Crippen LogP contribution in [-0.4, -0.2) is 20.6 Å². The molecule has 23 heavy (non-hydrogen) atoms. The van der Waals surface area contributed by atoms with Crippen molar-refractivity contribution < 1.29 is 14.1 Å². The molecule has 0 unspecified atom stereocenters. The number of carbonyl (C=O) groups excluding carboxylic acids is 1. The maximum absolute atomic E-state index is 12.0. The Labute approximate surface area is 134 Å². The van der Waals surface area contributed by atoms with E-state index in [4.69, 9.17) is 4.42 Å². The number of furan rings is 1. The molecule has 0 atom stereocenters. The predicted molar refractivity (Wildman–Crippen MR) is 82.2 cm³/mol. The van der Waals surface area contributed by atoms with Gasteiger partial charge in [-0.25, -0.2) is 0 Å². The summed E-state index contributed by atoms with van der Waals surface area (Å²) in [5, 5.41) is 19.2. The molecule has 118 valence electrons. The van der Waals surface area contributed by atoms with Gasteiger partial charge in [0.25, 0.3) is 5.91 Å². The van der Waals surface area contributed by atoms with Crippen LogP contribution < -0.4 is 5.32 Å². The third-order valence-corrected chi connectivity index (χ3v) is 3.91. The van der Waals surface area contributed by atoms with Crippen molar-refractivity contribution in [3.05, 3.63) is 68.6 Å². The average Bonchev–Trinajstić information content (AvgIpc) is 3.27. The number of hydrogen-bond acceptors (Lipinski definition) is 6. The highest BCUT2D eigenvalue weighted by atomic mass is 32.1. The van der Waals surface area contributed by atoms with E-state index in [-0.39, 0.29) is 23.9 Å². The van der Waals surface area contributed by atoms with Crippen molar-refractivity contribution in [1.29, 1.82) is 0 Å². The van der Waals surface area contributed by atoms with E-state index in [1.54, 1.807) is 23.5 Å². The first-order valence-electron chi connectivity index (χ1n) is 6.68. The summed E-state index contributed by atoms with van der Waals surface area (Å²) in [6.45, 7) is 0.657. The fourth-order valence-electron chi connectivity index (χ4n) is 1.95. The van der Waals surface area contributed by atoms with Gasteiger partial charge in [-0.3, -0.25) is 19.6 Å². The van der Waals surface area contributed by atoms with E-state index in [2.05, 4.69) is 10.4 Å². The number of nitrogens with one attached hydrogen (secondary N) is 1. The number of rotatable bonds is 6. The summed E-state index contributed by atoms with van der Waals surface area (Å²) in [6.07, 6.45) is 2.47. The Morgan fingerprint density at radius 3 is 3.00 bits per heavy atom. The van der Waals surface area contributed by atoms with Gasteiger partial charge in [0.1, 0.15) is 18.2 Å². The van der Waals surface area contributed by atoms with E-state index in [1.165, 1.54) is 10.9 Å². The molecule has 0 spiro atoms. The van der Waals surface area contributed by atoms with Crippen LogP contribution in [0.3, 0.4) is 0 Å². The normalized spacial score (nSPS) is 10.6. The van der Waals surface area contributed by atoms with Crippen LogP contribution in [-0.2, 0) is 13.1 Å². The molecular weight excluding hydrogens is 320 g/mol. The molecule has 0 bridgehead atoms. The molecule has 3 aromatic rings. The number of carbonyl (C=O) groups is 1. The maximum Gasteiger partial charge on any atom is 0.307 e. The molecule has 8 nitrogen and oxygen atoms in total. The molecule has 3 aromatic heterocycles. The van der Waals surface area contributed by atoms with Gasteiger partial charge in [-0.2, -0.15) is 5.10 Å². The van der Waals surface area contributed by atoms with Crippen molar-refractivity contribution in [2.75, 3.05) is 0 Å². The molecule has 3 heterocycles. The Morgan fingerprint density at radius 2 is 2.30 bits per heavy atom. The highest BCUT2D eigenvalue weighted by molar-refractivity contribution is 7.09. The standard InChI is InChI=1S/C14H12N4O4S/c19-14(15-7-12-2-1-5-23-12)13-4-3-11(22-13)9-17-8-10(6-16-17)18(20)21/h1-6,8H,7,9H2,(H,15,19). The molecule has 9 heteroatoms. The van der Waals surface area contributed by atoms with E-state index >= 15 is 0 Å². The van der Waals surface area contributed by atoms with Gasteiger partial charge in [0.2, 0.25) is 0 Å². The van der Waals surface area contributed by atoms with E-state index in [0.717, 1.165) is 11.1 Å². The van der Waals surface area contributed by atoms with Gasteiger partial charge in [0, 0.05) is 4.88 Å². The van der Waals surface area contributed by atoms with Gasteiger partial charge in [-0.15, -0.1) is 11.3 Å².